The van der Waals surface area contributed by atoms with E-state index < -0.39 is 18.1 Å². The van der Waals surface area contributed by atoms with Crippen molar-refractivity contribution in [1.82, 2.24) is 5.32 Å². The number of carbonyl (C=O) groups is 2. The van der Waals surface area contributed by atoms with Gasteiger partial charge in [-0.1, -0.05) is 20.8 Å². The van der Waals surface area contributed by atoms with Crippen molar-refractivity contribution >= 4 is 11.9 Å². The fourth-order valence-corrected chi connectivity index (χ4v) is 1.02. The normalized spacial score (nSPS) is 15.1. The van der Waals surface area contributed by atoms with Gasteiger partial charge >= 0.3 is 5.97 Å². The molecule has 0 saturated carbocycles. The summed E-state index contributed by atoms with van der Waals surface area (Å²) in [6.45, 7) is 9.19. The van der Waals surface area contributed by atoms with Gasteiger partial charge in [0.2, 0.25) is 5.91 Å². The Hall–Kier alpha value is -1.10. The molecule has 0 aromatic rings. The van der Waals surface area contributed by atoms with E-state index in [4.69, 9.17) is 10.5 Å². The second-order valence-electron chi connectivity index (χ2n) is 4.83. The monoisotopic (exact) mass is 230 g/mol. The van der Waals surface area contributed by atoms with Crippen LogP contribution in [0.25, 0.3) is 0 Å². The summed E-state index contributed by atoms with van der Waals surface area (Å²) in [6, 6.07) is -1.31. The summed E-state index contributed by atoms with van der Waals surface area (Å²) >= 11 is 0. The lowest BCUT2D eigenvalue weighted by Gasteiger charge is -2.26. The molecular weight excluding hydrogens is 208 g/mol. The average molecular weight is 230 g/mol. The Morgan fingerprint density at radius 1 is 1.38 bits per heavy atom. The molecule has 1 amide bonds. The van der Waals surface area contributed by atoms with Crippen LogP contribution in [-0.2, 0) is 14.3 Å². The Morgan fingerprint density at radius 3 is 2.25 bits per heavy atom. The summed E-state index contributed by atoms with van der Waals surface area (Å²) in [5, 5.41) is 2.53. The maximum absolute atomic E-state index is 11.7. The van der Waals surface area contributed by atoms with Crippen LogP contribution in [0.5, 0.6) is 0 Å². The molecule has 0 heterocycles. The van der Waals surface area contributed by atoms with Crippen molar-refractivity contribution in [3.8, 4) is 0 Å². The van der Waals surface area contributed by atoms with Crippen LogP contribution < -0.4 is 11.1 Å². The van der Waals surface area contributed by atoms with Crippen LogP contribution in [0, 0.1) is 5.41 Å². The van der Waals surface area contributed by atoms with Crippen molar-refractivity contribution in [2.75, 3.05) is 6.61 Å². The first-order chi connectivity index (χ1) is 7.20. The van der Waals surface area contributed by atoms with Crippen molar-refractivity contribution in [1.29, 1.82) is 0 Å². The Kier molecular flexibility index (Phi) is 5.44. The standard InChI is InChI=1S/C11H22N2O3/c1-6-16-10(15)7(2)13-9(14)8(12)11(3,4)5/h7-8H,6,12H2,1-5H3,(H,13,14)/t7?,8-/m1/s1. The second-order valence-corrected chi connectivity index (χ2v) is 4.83. The van der Waals surface area contributed by atoms with Gasteiger partial charge in [-0.05, 0) is 19.3 Å². The third kappa shape index (κ3) is 4.61. The van der Waals surface area contributed by atoms with E-state index in [1.54, 1.807) is 13.8 Å². The van der Waals surface area contributed by atoms with Crippen LogP contribution in [0.4, 0.5) is 0 Å². The van der Waals surface area contributed by atoms with Gasteiger partial charge in [0.25, 0.3) is 0 Å². The molecular formula is C11H22N2O3. The van der Waals surface area contributed by atoms with Crippen LogP contribution in [0.1, 0.15) is 34.6 Å². The SMILES string of the molecule is CCOC(=O)C(C)NC(=O)[C@@H](N)C(C)(C)C. The highest BCUT2D eigenvalue weighted by Crippen LogP contribution is 2.17. The number of amides is 1. The second kappa shape index (κ2) is 5.84. The Balaban J connectivity index is 4.30. The number of hydrogen-bond acceptors (Lipinski definition) is 4. The van der Waals surface area contributed by atoms with Gasteiger partial charge in [0.05, 0.1) is 12.6 Å². The minimum atomic E-state index is -0.666. The lowest BCUT2D eigenvalue weighted by atomic mass is 9.87. The van der Waals surface area contributed by atoms with Gasteiger partial charge in [0, 0.05) is 0 Å². The molecule has 2 atom stereocenters. The summed E-state index contributed by atoms with van der Waals surface area (Å²) in [5.74, 6) is -0.787. The van der Waals surface area contributed by atoms with E-state index in [9.17, 15) is 9.59 Å². The van der Waals surface area contributed by atoms with Crippen molar-refractivity contribution in [3.05, 3.63) is 0 Å². The highest BCUT2D eigenvalue weighted by atomic mass is 16.5. The summed E-state index contributed by atoms with van der Waals surface area (Å²) in [6.07, 6.45) is 0. The molecule has 16 heavy (non-hydrogen) atoms. The molecule has 0 aromatic heterocycles. The number of nitrogens with two attached hydrogens (primary N) is 1. The number of nitrogens with one attached hydrogen (secondary N) is 1. The Labute approximate surface area is 96.7 Å². The molecule has 5 nitrogen and oxygen atoms in total. The molecule has 0 aliphatic rings. The van der Waals surface area contributed by atoms with Gasteiger partial charge < -0.3 is 15.8 Å². The van der Waals surface area contributed by atoms with E-state index in [2.05, 4.69) is 5.32 Å². The van der Waals surface area contributed by atoms with Gasteiger partial charge in [0.15, 0.2) is 0 Å². The summed E-state index contributed by atoms with van der Waals surface area (Å²) in [5.41, 5.74) is 5.42. The van der Waals surface area contributed by atoms with Crippen molar-refractivity contribution in [3.63, 3.8) is 0 Å². The fraction of sp³-hybridized carbons (Fsp3) is 0.818. The Bertz CT molecular complexity index is 258. The van der Waals surface area contributed by atoms with Gasteiger partial charge in [0.1, 0.15) is 6.04 Å². The number of esters is 1. The number of ether oxygens (including phenoxy) is 1. The zero-order valence-electron chi connectivity index (χ0n) is 10.7. The zero-order valence-corrected chi connectivity index (χ0v) is 10.7. The molecule has 0 bridgehead atoms. The minimum Gasteiger partial charge on any atom is -0.464 e. The van der Waals surface area contributed by atoms with Crippen molar-refractivity contribution < 1.29 is 14.3 Å². The predicted octanol–water partition coefficient (Wildman–Crippen LogP) is 0.428. The average Bonchev–Trinajstić information content (AvgIpc) is 2.15. The molecule has 0 saturated heterocycles. The summed E-state index contributed by atoms with van der Waals surface area (Å²) in [4.78, 5) is 22.9. The van der Waals surface area contributed by atoms with E-state index >= 15 is 0 Å². The predicted molar refractivity (Wildman–Crippen MR) is 61.7 cm³/mol. The molecule has 0 spiro atoms. The van der Waals surface area contributed by atoms with E-state index in [1.807, 2.05) is 20.8 Å². The van der Waals surface area contributed by atoms with Crippen LogP contribution in [0.15, 0.2) is 0 Å². The van der Waals surface area contributed by atoms with Gasteiger partial charge in [-0.3, -0.25) is 4.79 Å². The van der Waals surface area contributed by atoms with Gasteiger partial charge in [-0.25, -0.2) is 4.79 Å². The Morgan fingerprint density at radius 2 is 1.88 bits per heavy atom. The van der Waals surface area contributed by atoms with Crippen LogP contribution in [-0.4, -0.2) is 30.6 Å². The third-order valence-electron chi connectivity index (χ3n) is 2.21. The highest BCUT2D eigenvalue weighted by Gasteiger charge is 2.29. The van der Waals surface area contributed by atoms with E-state index in [0.717, 1.165) is 0 Å². The summed E-state index contributed by atoms with van der Waals surface area (Å²) in [7, 11) is 0. The minimum absolute atomic E-state index is 0.296. The molecule has 0 rings (SSSR count). The van der Waals surface area contributed by atoms with Gasteiger partial charge in [-0.15, -0.1) is 0 Å². The highest BCUT2D eigenvalue weighted by molar-refractivity contribution is 5.87. The van der Waals surface area contributed by atoms with E-state index in [-0.39, 0.29) is 11.3 Å². The number of rotatable bonds is 4. The molecule has 0 aliphatic carbocycles. The smallest absolute Gasteiger partial charge is 0.328 e. The molecule has 94 valence electrons. The maximum atomic E-state index is 11.7. The quantitative estimate of drug-likeness (QED) is 0.686. The zero-order chi connectivity index (χ0) is 12.9. The van der Waals surface area contributed by atoms with Crippen LogP contribution in [0.3, 0.4) is 0 Å². The van der Waals surface area contributed by atoms with Crippen molar-refractivity contribution in [2.45, 2.75) is 46.7 Å². The molecule has 0 aliphatic heterocycles. The summed E-state index contributed by atoms with van der Waals surface area (Å²) < 4.78 is 4.78. The molecule has 0 fully saturated rings. The lowest BCUT2D eigenvalue weighted by Crippen LogP contribution is -2.52. The van der Waals surface area contributed by atoms with Crippen molar-refractivity contribution in [2.24, 2.45) is 11.1 Å². The first-order valence-electron chi connectivity index (χ1n) is 5.42. The fourth-order valence-electron chi connectivity index (χ4n) is 1.02. The molecule has 5 heteroatoms. The van der Waals surface area contributed by atoms with Gasteiger partial charge in [-0.2, -0.15) is 0 Å². The van der Waals surface area contributed by atoms with Crippen LogP contribution in [0.2, 0.25) is 0 Å². The molecule has 0 aromatic carbocycles. The molecule has 3 N–H and O–H groups in total. The number of hydrogen-bond donors (Lipinski definition) is 2. The van der Waals surface area contributed by atoms with E-state index in [0.29, 0.717) is 6.61 Å². The van der Waals surface area contributed by atoms with E-state index in [1.165, 1.54) is 0 Å². The maximum Gasteiger partial charge on any atom is 0.328 e. The first kappa shape index (κ1) is 14.9. The third-order valence-corrected chi connectivity index (χ3v) is 2.21. The largest absolute Gasteiger partial charge is 0.464 e. The lowest BCUT2D eigenvalue weighted by molar-refractivity contribution is -0.147. The van der Waals surface area contributed by atoms with Crippen LogP contribution >= 0.6 is 0 Å². The number of carbonyl (C=O) groups excluding carboxylic acids is 2. The molecule has 1 unspecified atom stereocenters. The first-order valence-corrected chi connectivity index (χ1v) is 5.42. The molecule has 0 radical (unpaired) electrons. The topological polar surface area (TPSA) is 81.4 Å².